The lowest BCUT2D eigenvalue weighted by Gasteiger charge is -2.43. The minimum atomic E-state index is -0.253. The van der Waals surface area contributed by atoms with Gasteiger partial charge >= 0.3 is 0 Å². The first-order valence-electron chi connectivity index (χ1n) is 4.91. The topological polar surface area (TPSA) is 17.1 Å². The summed E-state index contributed by atoms with van der Waals surface area (Å²) >= 11 is 9.55. The second-order valence-electron chi connectivity index (χ2n) is 4.57. The first kappa shape index (κ1) is 11.2. The molecule has 0 saturated heterocycles. The molecule has 1 aliphatic carbocycles. The van der Waals surface area contributed by atoms with Gasteiger partial charge < -0.3 is 0 Å². The first-order valence-corrected chi connectivity index (χ1v) is 6.08. The average molecular weight is 288 g/mol. The molecule has 0 spiro atoms. The molecule has 0 radical (unpaired) electrons. The molecule has 0 N–H and O–H groups in total. The summed E-state index contributed by atoms with van der Waals surface area (Å²) in [5.41, 5.74) is 0.835. The van der Waals surface area contributed by atoms with Gasteiger partial charge in [-0.3, -0.25) is 4.79 Å². The number of benzene rings is 1. The van der Waals surface area contributed by atoms with Crippen LogP contribution in [0.5, 0.6) is 0 Å². The van der Waals surface area contributed by atoms with Crippen molar-refractivity contribution < 1.29 is 4.79 Å². The van der Waals surface area contributed by atoms with E-state index in [9.17, 15) is 4.79 Å². The van der Waals surface area contributed by atoms with Crippen LogP contribution in [0, 0.1) is 5.41 Å². The van der Waals surface area contributed by atoms with Crippen LogP contribution in [0.4, 0.5) is 0 Å². The van der Waals surface area contributed by atoms with Gasteiger partial charge in [-0.25, -0.2) is 0 Å². The largest absolute Gasteiger partial charge is 0.299 e. The van der Waals surface area contributed by atoms with Crippen LogP contribution < -0.4 is 0 Å². The molecule has 1 atom stereocenters. The molecule has 1 unspecified atom stereocenters. The second-order valence-corrected chi connectivity index (χ2v) is 5.89. The van der Waals surface area contributed by atoms with Gasteiger partial charge in [-0.05, 0) is 17.7 Å². The number of carbonyl (C=O) groups excluding carboxylic acids is 1. The monoisotopic (exact) mass is 286 g/mol. The lowest BCUT2D eigenvalue weighted by Crippen LogP contribution is -2.43. The Kier molecular flexibility index (Phi) is 2.68. The van der Waals surface area contributed by atoms with E-state index in [1.54, 1.807) is 0 Å². The van der Waals surface area contributed by atoms with Crippen molar-refractivity contribution in [3.63, 3.8) is 0 Å². The molecular weight excluding hydrogens is 275 g/mol. The van der Waals surface area contributed by atoms with E-state index in [4.69, 9.17) is 11.6 Å². The summed E-state index contributed by atoms with van der Waals surface area (Å²) in [6, 6.07) is 5.86. The summed E-state index contributed by atoms with van der Waals surface area (Å²) in [5.74, 6) is 0.595. The van der Waals surface area contributed by atoms with E-state index < -0.39 is 0 Å². The number of ketones is 1. The van der Waals surface area contributed by atoms with Gasteiger partial charge in [0.05, 0.1) is 0 Å². The summed E-state index contributed by atoms with van der Waals surface area (Å²) in [7, 11) is 0. The summed E-state index contributed by atoms with van der Waals surface area (Å²) in [6.45, 7) is 3.98. The smallest absolute Gasteiger partial charge is 0.139 e. The Morgan fingerprint density at radius 3 is 2.60 bits per heavy atom. The fourth-order valence-electron chi connectivity index (χ4n) is 2.05. The van der Waals surface area contributed by atoms with Crippen molar-refractivity contribution in [1.29, 1.82) is 0 Å². The van der Waals surface area contributed by atoms with Gasteiger partial charge in [0.25, 0.3) is 0 Å². The second kappa shape index (κ2) is 3.60. The first-order chi connectivity index (χ1) is 6.93. The number of hydrogen-bond acceptors (Lipinski definition) is 1. The highest BCUT2D eigenvalue weighted by molar-refractivity contribution is 9.10. The van der Waals surface area contributed by atoms with Crippen molar-refractivity contribution in [2.45, 2.75) is 26.2 Å². The van der Waals surface area contributed by atoms with E-state index in [1.807, 2.05) is 32.0 Å². The van der Waals surface area contributed by atoms with Crippen molar-refractivity contribution in [2.75, 3.05) is 0 Å². The maximum Gasteiger partial charge on any atom is 0.139 e. The number of rotatable bonds is 1. The van der Waals surface area contributed by atoms with Gasteiger partial charge in [-0.15, -0.1) is 0 Å². The average Bonchev–Trinajstić information content (AvgIpc) is 2.15. The summed E-state index contributed by atoms with van der Waals surface area (Å²) in [5, 5.41) is 0.745. The molecule has 1 saturated carbocycles. The Labute approximate surface area is 103 Å². The van der Waals surface area contributed by atoms with Gasteiger partial charge in [-0.2, -0.15) is 0 Å². The molecule has 0 bridgehead atoms. The Morgan fingerprint density at radius 2 is 2.13 bits per heavy atom. The van der Waals surface area contributed by atoms with Gasteiger partial charge in [0.2, 0.25) is 0 Å². The maximum absolute atomic E-state index is 11.5. The lowest BCUT2D eigenvalue weighted by molar-refractivity contribution is -0.137. The van der Waals surface area contributed by atoms with Gasteiger partial charge in [0, 0.05) is 27.2 Å². The van der Waals surface area contributed by atoms with E-state index in [2.05, 4.69) is 15.9 Å². The molecule has 1 aliphatic rings. The van der Waals surface area contributed by atoms with Crippen molar-refractivity contribution in [1.82, 2.24) is 0 Å². The van der Waals surface area contributed by atoms with E-state index in [1.165, 1.54) is 0 Å². The van der Waals surface area contributed by atoms with Crippen molar-refractivity contribution >= 4 is 33.3 Å². The zero-order valence-electron chi connectivity index (χ0n) is 8.68. The van der Waals surface area contributed by atoms with Crippen LogP contribution in [0.25, 0.3) is 0 Å². The van der Waals surface area contributed by atoms with Crippen molar-refractivity contribution in [3.05, 3.63) is 33.3 Å². The minimum Gasteiger partial charge on any atom is -0.299 e. The van der Waals surface area contributed by atoms with Gasteiger partial charge in [-0.1, -0.05) is 47.4 Å². The fourth-order valence-corrected chi connectivity index (χ4v) is 2.85. The zero-order chi connectivity index (χ0) is 11.2. The zero-order valence-corrected chi connectivity index (χ0v) is 11.0. The predicted octanol–water partition coefficient (Wildman–Crippen LogP) is 4.19. The lowest BCUT2D eigenvalue weighted by atomic mass is 9.59. The summed E-state index contributed by atoms with van der Waals surface area (Å²) < 4.78 is 0.972. The molecule has 1 aromatic carbocycles. The molecule has 1 fully saturated rings. The number of halogens is 2. The quantitative estimate of drug-likeness (QED) is 0.757. The molecule has 0 amide bonds. The molecule has 1 aromatic rings. The normalized spacial score (nSPS) is 23.7. The maximum atomic E-state index is 11.5. The Balaban J connectivity index is 2.36. The third kappa shape index (κ3) is 1.74. The SMILES string of the molecule is CC1(C)C(=O)CC1c1ccc(Br)cc1Cl. The Bertz CT molecular complexity index is 426. The van der Waals surface area contributed by atoms with Crippen LogP contribution in [0.2, 0.25) is 5.02 Å². The third-order valence-corrected chi connectivity index (χ3v) is 4.14. The highest BCUT2D eigenvalue weighted by Gasteiger charge is 2.48. The van der Waals surface area contributed by atoms with Crippen LogP contribution >= 0.6 is 27.5 Å². The number of carbonyl (C=O) groups is 1. The van der Waals surface area contributed by atoms with Crippen LogP contribution in [-0.2, 0) is 4.79 Å². The van der Waals surface area contributed by atoms with E-state index in [0.29, 0.717) is 12.2 Å². The van der Waals surface area contributed by atoms with Crippen LogP contribution in [0.1, 0.15) is 31.7 Å². The summed E-state index contributed by atoms with van der Waals surface area (Å²) in [6.07, 6.45) is 0.619. The highest BCUT2D eigenvalue weighted by Crippen LogP contribution is 2.51. The molecule has 15 heavy (non-hydrogen) atoms. The number of hydrogen-bond donors (Lipinski definition) is 0. The predicted molar refractivity (Wildman–Crippen MR) is 65.3 cm³/mol. The molecule has 0 heterocycles. The molecule has 0 aliphatic heterocycles. The van der Waals surface area contributed by atoms with Crippen molar-refractivity contribution in [2.24, 2.45) is 5.41 Å². The molecular formula is C12H12BrClO. The third-order valence-electron chi connectivity index (χ3n) is 3.32. The van der Waals surface area contributed by atoms with Gasteiger partial charge in [0.15, 0.2) is 0 Å². The van der Waals surface area contributed by atoms with Crippen LogP contribution in [0.15, 0.2) is 22.7 Å². The highest BCUT2D eigenvalue weighted by atomic mass is 79.9. The Morgan fingerprint density at radius 1 is 1.47 bits per heavy atom. The van der Waals surface area contributed by atoms with E-state index in [-0.39, 0.29) is 11.3 Å². The minimum absolute atomic E-state index is 0.253. The van der Waals surface area contributed by atoms with E-state index in [0.717, 1.165) is 15.1 Å². The van der Waals surface area contributed by atoms with Crippen molar-refractivity contribution in [3.8, 4) is 0 Å². The van der Waals surface area contributed by atoms with E-state index >= 15 is 0 Å². The fraction of sp³-hybridized carbons (Fsp3) is 0.417. The number of Topliss-reactive ketones (excluding diaryl/α,β-unsaturated/α-hetero) is 1. The van der Waals surface area contributed by atoms with Gasteiger partial charge in [0.1, 0.15) is 5.78 Å². The molecule has 2 rings (SSSR count). The molecule has 80 valence electrons. The molecule has 1 nitrogen and oxygen atoms in total. The van der Waals surface area contributed by atoms with Crippen LogP contribution in [0.3, 0.4) is 0 Å². The summed E-state index contributed by atoms with van der Waals surface area (Å²) in [4.78, 5) is 11.5. The van der Waals surface area contributed by atoms with Crippen LogP contribution in [-0.4, -0.2) is 5.78 Å². The molecule has 3 heteroatoms. The molecule has 0 aromatic heterocycles. The standard InChI is InChI=1S/C12H12BrClO/c1-12(2)9(6-11(12)15)8-4-3-7(13)5-10(8)14/h3-5,9H,6H2,1-2H3. The Hall–Kier alpha value is -0.340.